The van der Waals surface area contributed by atoms with Crippen molar-refractivity contribution in [3.63, 3.8) is 0 Å². The Balaban J connectivity index is 1.26. The molecule has 1 amide bonds. The quantitative estimate of drug-likeness (QED) is 0.813. The van der Waals surface area contributed by atoms with Crippen LogP contribution in [0.15, 0.2) is 0 Å². The first kappa shape index (κ1) is 14.0. The van der Waals surface area contributed by atoms with Gasteiger partial charge in [-0.15, -0.1) is 0 Å². The zero-order valence-corrected chi connectivity index (χ0v) is 12.9. The first-order chi connectivity index (χ1) is 10.2. The van der Waals surface area contributed by atoms with E-state index in [1.54, 1.807) is 0 Å². The minimum atomic E-state index is 0.150. The lowest BCUT2D eigenvalue weighted by Crippen LogP contribution is -2.60. The van der Waals surface area contributed by atoms with E-state index in [9.17, 15) is 4.79 Å². The maximum Gasteiger partial charge on any atom is 0.234 e. The highest BCUT2D eigenvalue weighted by atomic mass is 16.5. The maximum atomic E-state index is 12.3. The fraction of sp³-hybridized carbons (Fsp3) is 0.941. The van der Waals surface area contributed by atoms with E-state index in [0.717, 1.165) is 43.7 Å². The van der Waals surface area contributed by atoms with E-state index >= 15 is 0 Å². The van der Waals surface area contributed by atoms with Crippen molar-refractivity contribution in [3.05, 3.63) is 0 Å². The second-order valence-electron chi connectivity index (χ2n) is 8.01. The van der Waals surface area contributed by atoms with E-state index in [4.69, 9.17) is 4.74 Å². The Hall–Kier alpha value is -0.610. The van der Waals surface area contributed by atoms with Crippen molar-refractivity contribution in [1.29, 1.82) is 0 Å². The summed E-state index contributed by atoms with van der Waals surface area (Å²) in [5, 5.41) is 6.68. The average Bonchev–Trinajstić information content (AvgIpc) is 2.89. The Morgan fingerprint density at radius 2 is 1.76 bits per heavy atom. The summed E-state index contributed by atoms with van der Waals surface area (Å²) in [6.07, 6.45) is 10.6. The van der Waals surface area contributed by atoms with Gasteiger partial charge in [0.05, 0.1) is 12.6 Å². The zero-order chi connectivity index (χ0) is 14.3. The molecule has 1 heterocycles. The molecule has 1 atom stereocenters. The predicted molar refractivity (Wildman–Crippen MR) is 80.9 cm³/mol. The molecule has 2 N–H and O–H groups in total. The molecule has 21 heavy (non-hydrogen) atoms. The molecule has 5 rings (SSSR count). The highest BCUT2D eigenvalue weighted by Crippen LogP contribution is 2.55. The molecule has 5 aliphatic rings. The molecule has 0 aromatic heterocycles. The van der Waals surface area contributed by atoms with Crippen LogP contribution in [0.3, 0.4) is 0 Å². The second-order valence-corrected chi connectivity index (χ2v) is 8.01. The fourth-order valence-corrected chi connectivity index (χ4v) is 5.76. The van der Waals surface area contributed by atoms with Crippen molar-refractivity contribution in [2.75, 3.05) is 19.7 Å². The van der Waals surface area contributed by atoms with Crippen LogP contribution in [0.1, 0.15) is 51.4 Å². The molecule has 1 unspecified atom stereocenters. The molecule has 4 bridgehead atoms. The number of hydrogen-bond acceptors (Lipinski definition) is 3. The lowest BCUT2D eigenvalue weighted by atomic mass is 9.53. The van der Waals surface area contributed by atoms with Gasteiger partial charge in [0, 0.05) is 18.7 Å². The molecule has 4 heteroatoms. The van der Waals surface area contributed by atoms with Gasteiger partial charge < -0.3 is 15.4 Å². The summed E-state index contributed by atoms with van der Waals surface area (Å²) >= 11 is 0. The Kier molecular flexibility index (Phi) is 3.70. The van der Waals surface area contributed by atoms with Crippen LogP contribution in [-0.4, -0.2) is 37.2 Å². The Morgan fingerprint density at radius 1 is 1.10 bits per heavy atom. The normalized spacial score (nSPS) is 44.2. The summed E-state index contributed by atoms with van der Waals surface area (Å²) in [5.41, 5.74) is 0.150. The minimum absolute atomic E-state index is 0.150. The van der Waals surface area contributed by atoms with E-state index in [0.29, 0.717) is 12.6 Å². The van der Waals surface area contributed by atoms with Crippen molar-refractivity contribution in [2.24, 2.45) is 17.8 Å². The summed E-state index contributed by atoms with van der Waals surface area (Å²) in [6.45, 7) is 2.14. The largest absolute Gasteiger partial charge is 0.377 e. The molecule has 0 spiro atoms. The van der Waals surface area contributed by atoms with Crippen LogP contribution in [-0.2, 0) is 9.53 Å². The lowest BCUT2D eigenvalue weighted by Gasteiger charge is -2.56. The van der Waals surface area contributed by atoms with Crippen LogP contribution in [0.25, 0.3) is 0 Å². The smallest absolute Gasteiger partial charge is 0.234 e. The third-order valence-electron chi connectivity index (χ3n) is 6.12. The monoisotopic (exact) mass is 292 g/mol. The number of rotatable bonds is 5. The molecule has 5 fully saturated rings. The summed E-state index contributed by atoms with van der Waals surface area (Å²) in [7, 11) is 0. The molecule has 0 radical (unpaired) electrons. The molecular formula is C17H28N2O2. The minimum Gasteiger partial charge on any atom is -0.377 e. The fourth-order valence-electron chi connectivity index (χ4n) is 5.76. The topological polar surface area (TPSA) is 50.4 Å². The van der Waals surface area contributed by atoms with E-state index in [1.165, 1.54) is 38.5 Å². The summed E-state index contributed by atoms with van der Waals surface area (Å²) < 4.78 is 5.57. The SMILES string of the molecule is O=C(CNCC1CCCO1)NC12CC3CC(CC(C3)C1)C2. The maximum absolute atomic E-state index is 12.3. The van der Waals surface area contributed by atoms with Gasteiger partial charge in [-0.05, 0) is 69.1 Å². The summed E-state index contributed by atoms with van der Waals surface area (Å²) in [4.78, 5) is 12.3. The molecule has 1 aliphatic heterocycles. The van der Waals surface area contributed by atoms with Crippen LogP contribution < -0.4 is 10.6 Å². The third kappa shape index (κ3) is 2.98. The van der Waals surface area contributed by atoms with Crippen LogP contribution in [0.4, 0.5) is 0 Å². The number of nitrogens with one attached hydrogen (secondary N) is 2. The number of carbonyl (C=O) groups excluding carboxylic acids is 1. The van der Waals surface area contributed by atoms with Crippen LogP contribution in [0.2, 0.25) is 0 Å². The highest BCUT2D eigenvalue weighted by molar-refractivity contribution is 5.79. The Labute approximate surface area is 127 Å². The third-order valence-corrected chi connectivity index (χ3v) is 6.12. The Morgan fingerprint density at radius 3 is 2.33 bits per heavy atom. The van der Waals surface area contributed by atoms with Gasteiger partial charge in [0.15, 0.2) is 0 Å². The van der Waals surface area contributed by atoms with E-state index in [1.807, 2.05) is 0 Å². The number of hydrogen-bond donors (Lipinski definition) is 2. The van der Waals surface area contributed by atoms with Crippen LogP contribution in [0, 0.1) is 17.8 Å². The van der Waals surface area contributed by atoms with E-state index in [2.05, 4.69) is 10.6 Å². The van der Waals surface area contributed by atoms with Gasteiger partial charge in [-0.2, -0.15) is 0 Å². The van der Waals surface area contributed by atoms with Gasteiger partial charge in [0.25, 0.3) is 0 Å². The summed E-state index contributed by atoms with van der Waals surface area (Å²) in [6, 6.07) is 0. The first-order valence-electron chi connectivity index (χ1n) is 8.84. The van der Waals surface area contributed by atoms with Gasteiger partial charge in [-0.1, -0.05) is 0 Å². The van der Waals surface area contributed by atoms with Crippen molar-refractivity contribution in [1.82, 2.24) is 10.6 Å². The first-order valence-corrected chi connectivity index (χ1v) is 8.84. The van der Waals surface area contributed by atoms with Gasteiger partial charge >= 0.3 is 0 Å². The second kappa shape index (κ2) is 5.54. The predicted octanol–water partition coefficient (Wildman–Crippen LogP) is 1.84. The van der Waals surface area contributed by atoms with Crippen molar-refractivity contribution >= 4 is 5.91 Å². The van der Waals surface area contributed by atoms with Gasteiger partial charge in [-0.3, -0.25) is 4.79 Å². The molecule has 4 nitrogen and oxygen atoms in total. The summed E-state index contributed by atoms with van der Waals surface area (Å²) in [5.74, 6) is 2.85. The molecule has 118 valence electrons. The van der Waals surface area contributed by atoms with Crippen LogP contribution >= 0.6 is 0 Å². The Bertz CT molecular complexity index is 368. The molecule has 1 saturated heterocycles. The average molecular weight is 292 g/mol. The van der Waals surface area contributed by atoms with E-state index < -0.39 is 0 Å². The van der Waals surface area contributed by atoms with E-state index in [-0.39, 0.29) is 11.4 Å². The number of amides is 1. The van der Waals surface area contributed by atoms with Gasteiger partial charge in [0.2, 0.25) is 5.91 Å². The van der Waals surface area contributed by atoms with Crippen molar-refractivity contribution in [3.8, 4) is 0 Å². The molecule has 0 aromatic rings. The van der Waals surface area contributed by atoms with Gasteiger partial charge in [-0.25, -0.2) is 0 Å². The zero-order valence-electron chi connectivity index (χ0n) is 12.9. The standard InChI is InChI=1S/C17H28N2O2/c20-16(11-18-10-15-2-1-3-21-15)19-17-7-12-4-13(8-17)6-14(5-12)9-17/h12-15,18H,1-11H2,(H,19,20). The molecule has 0 aromatic carbocycles. The van der Waals surface area contributed by atoms with Crippen molar-refractivity contribution < 1.29 is 9.53 Å². The molecule has 4 aliphatic carbocycles. The number of carbonyl (C=O) groups is 1. The van der Waals surface area contributed by atoms with Crippen molar-refractivity contribution in [2.45, 2.75) is 63.0 Å². The number of ether oxygens (including phenoxy) is 1. The lowest BCUT2D eigenvalue weighted by molar-refractivity contribution is -0.126. The van der Waals surface area contributed by atoms with Crippen LogP contribution in [0.5, 0.6) is 0 Å². The molecule has 4 saturated carbocycles. The molecular weight excluding hydrogens is 264 g/mol. The van der Waals surface area contributed by atoms with Gasteiger partial charge in [0.1, 0.15) is 0 Å². The highest BCUT2D eigenvalue weighted by Gasteiger charge is 2.51.